The molecule has 0 saturated heterocycles. The summed E-state index contributed by atoms with van der Waals surface area (Å²) >= 11 is 0. The number of benzene rings is 2. The zero-order valence-corrected chi connectivity index (χ0v) is 16.0. The molecule has 1 aliphatic rings. The Bertz CT molecular complexity index is 903. The third-order valence-electron chi connectivity index (χ3n) is 4.47. The van der Waals surface area contributed by atoms with Crippen molar-refractivity contribution in [1.29, 1.82) is 0 Å². The molecule has 2 aromatic carbocycles. The number of nitrogens with two attached hydrogens (primary N) is 1. The van der Waals surface area contributed by atoms with Crippen LogP contribution in [0.5, 0.6) is 17.2 Å². The Morgan fingerprint density at radius 1 is 1.26 bits per heavy atom. The van der Waals surface area contributed by atoms with Gasteiger partial charge in [0.1, 0.15) is 0 Å². The molecule has 6 heteroatoms. The first-order valence-electron chi connectivity index (χ1n) is 8.74. The zero-order chi connectivity index (χ0) is 19.6. The monoisotopic (exact) mass is 368 g/mol. The Hall–Kier alpha value is -3.15. The van der Waals surface area contributed by atoms with Crippen LogP contribution < -0.4 is 24.8 Å². The first-order chi connectivity index (χ1) is 12.9. The minimum absolute atomic E-state index is 0.0303. The number of methoxy groups -OCH3 is 1. The Morgan fingerprint density at radius 2 is 2.04 bits per heavy atom. The van der Waals surface area contributed by atoms with Gasteiger partial charge in [-0.05, 0) is 48.4 Å². The molecule has 0 spiro atoms. The molecule has 1 heterocycles. The zero-order valence-electron chi connectivity index (χ0n) is 16.0. The van der Waals surface area contributed by atoms with Gasteiger partial charge in [-0.25, -0.2) is 0 Å². The third kappa shape index (κ3) is 3.69. The van der Waals surface area contributed by atoms with Crippen LogP contribution in [0.15, 0.2) is 35.9 Å². The van der Waals surface area contributed by atoms with Crippen LogP contribution in [0.2, 0.25) is 0 Å². The number of hydrogen-bond acceptors (Lipinski definition) is 6. The number of carbonyl (C=O) groups excluding carboxylic acids is 1. The molecule has 1 aliphatic heterocycles. The van der Waals surface area contributed by atoms with E-state index in [1.807, 2.05) is 50.2 Å². The van der Waals surface area contributed by atoms with Gasteiger partial charge in [-0.15, -0.1) is 0 Å². The molecule has 0 atom stereocenters. The molecule has 6 nitrogen and oxygen atoms in total. The van der Waals surface area contributed by atoms with Crippen LogP contribution in [0, 0.1) is 0 Å². The Balaban J connectivity index is 1.98. The van der Waals surface area contributed by atoms with E-state index in [2.05, 4.69) is 0 Å². The van der Waals surface area contributed by atoms with E-state index in [-0.39, 0.29) is 12.6 Å². The molecule has 142 valence electrons. The number of Topliss-reactive ketones (excluding diaryl/α,β-unsaturated/α-hetero) is 1. The molecule has 27 heavy (non-hydrogen) atoms. The fourth-order valence-corrected chi connectivity index (χ4v) is 3.02. The fraction of sp³-hybridized carbons (Fsp3) is 0.286. The average molecular weight is 368 g/mol. The molecule has 0 fully saturated rings. The highest BCUT2D eigenvalue weighted by molar-refractivity contribution is 6.12. The van der Waals surface area contributed by atoms with Gasteiger partial charge in [0, 0.05) is 25.2 Å². The number of anilines is 2. The van der Waals surface area contributed by atoms with Crippen LogP contribution in [-0.2, 0) is 0 Å². The van der Waals surface area contributed by atoms with E-state index in [1.54, 1.807) is 19.2 Å². The molecule has 0 amide bonds. The van der Waals surface area contributed by atoms with Crippen molar-refractivity contribution in [2.24, 2.45) is 0 Å². The second-order valence-corrected chi connectivity index (χ2v) is 6.48. The second-order valence-electron chi connectivity index (χ2n) is 6.48. The van der Waals surface area contributed by atoms with Crippen LogP contribution in [0.25, 0.3) is 6.08 Å². The van der Waals surface area contributed by atoms with Crippen LogP contribution >= 0.6 is 0 Å². The van der Waals surface area contributed by atoms with Gasteiger partial charge in [0.25, 0.3) is 0 Å². The molecular weight excluding hydrogens is 344 g/mol. The number of nitrogens with zero attached hydrogens (tertiary/aromatic N) is 1. The predicted octanol–water partition coefficient (Wildman–Crippen LogP) is 3.75. The summed E-state index contributed by atoms with van der Waals surface area (Å²) in [6.45, 7) is 2.12. The highest BCUT2D eigenvalue weighted by Gasteiger charge is 2.20. The normalized spacial score (nSPS) is 12.8. The van der Waals surface area contributed by atoms with Gasteiger partial charge in [-0.2, -0.15) is 0 Å². The molecule has 2 N–H and O–H groups in total. The van der Waals surface area contributed by atoms with E-state index in [0.29, 0.717) is 40.5 Å². The minimum Gasteiger partial charge on any atom is -0.493 e. The maximum absolute atomic E-state index is 13.0. The van der Waals surface area contributed by atoms with Crippen LogP contribution in [0.3, 0.4) is 0 Å². The molecule has 0 saturated carbocycles. The smallest absolute Gasteiger partial charge is 0.231 e. The molecule has 0 aliphatic carbocycles. The van der Waals surface area contributed by atoms with Crippen LogP contribution in [-0.4, -0.2) is 33.8 Å². The number of ketones is 1. The highest BCUT2D eigenvalue weighted by Crippen LogP contribution is 2.42. The summed E-state index contributed by atoms with van der Waals surface area (Å²) in [4.78, 5) is 14.9. The molecule has 3 rings (SSSR count). The van der Waals surface area contributed by atoms with E-state index >= 15 is 0 Å². The molecule has 0 radical (unpaired) electrons. The van der Waals surface area contributed by atoms with E-state index < -0.39 is 0 Å². The standard InChI is InChI=1S/C21H24N2O4/c1-5-14(20(24)15-6-7-16(22)17(11-15)23(2)3)8-13-9-18(25-4)21-19(10-13)26-12-27-21/h6-11H,5,12,22H2,1-4H3/b14-8+. The number of fused-ring (bicyclic) bond motifs is 1. The van der Waals surface area contributed by atoms with Crippen molar-refractivity contribution in [3.63, 3.8) is 0 Å². The summed E-state index contributed by atoms with van der Waals surface area (Å²) in [5, 5.41) is 0. The SMILES string of the molecule is CC/C(=C\c1cc(OC)c2c(c1)OCO2)C(=O)c1ccc(N)c(N(C)C)c1. The van der Waals surface area contributed by atoms with Gasteiger partial charge in [0.05, 0.1) is 18.5 Å². The first-order valence-corrected chi connectivity index (χ1v) is 8.74. The maximum atomic E-state index is 13.0. The average Bonchev–Trinajstić information content (AvgIpc) is 3.13. The van der Waals surface area contributed by atoms with Gasteiger partial charge in [0.2, 0.25) is 12.5 Å². The molecule has 2 aromatic rings. The number of carbonyl (C=O) groups is 1. The summed E-state index contributed by atoms with van der Waals surface area (Å²) in [7, 11) is 5.37. The third-order valence-corrected chi connectivity index (χ3v) is 4.47. The molecule has 0 aromatic heterocycles. The van der Waals surface area contributed by atoms with Crippen LogP contribution in [0.4, 0.5) is 11.4 Å². The van der Waals surface area contributed by atoms with Gasteiger partial charge in [0.15, 0.2) is 17.3 Å². The summed E-state index contributed by atoms with van der Waals surface area (Å²) in [5.74, 6) is 1.76. The van der Waals surface area contributed by atoms with Crippen LogP contribution in [0.1, 0.15) is 29.3 Å². The summed E-state index contributed by atoms with van der Waals surface area (Å²) in [6, 6.07) is 9.03. The number of nitrogen functional groups attached to an aromatic ring is 1. The lowest BCUT2D eigenvalue weighted by molar-refractivity contribution is 0.103. The predicted molar refractivity (Wildman–Crippen MR) is 107 cm³/mol. The van der Waals surface area contributed by atoms with E-state index in [0.717, 1.165) is 11.3 Å². The number of hydrogen-bond donors (Lipinski definition) is 1. The number of ether oxygens (including phenoxy) is 3. The Morgan fingerprint density at radius 3 is 2.70 bits per heavy atom. The molecule has 0 unspecified atom stereocenters. The minimum atomic E-state index is -0.0303. The van der Waals surface area contributed by atoms with E-state index in [9.17, 15) is 4.79 Å². The number of rotatable bonds is 6. The lowest BCUT2D eigenvalue weighted by Gasteiger charge is -2.16. The van der Waals surface area contributed by atoms with E-state index in [4.69, 9.17) is 19.9 Å². The highest BCUT2D eigenvalue weighted by atomic mass is 16.7. The summed E-state index contributed by atoms with van der Waals surface area (Å²) < 4.78 is 16.3. The second kappa shape index (κ2) is 7.61. The largest absolute Gasteiger partial charge is 0.493 e. The van der Waals surface area contributed by atoms with Gasteiger partial charge in [-0.1, -0.05) is 6.92 Å². The fourth-order valence-electron chi connectivity index (χ4n) is 3.02. The van der Waals surface area contributed by atoms with Gasteiger partial charge < -0.3 is 24.8 Å². The topological polar surface area (TPSA) is 74.0 Å². The summed E-state index contributed by atoms with van der Waals surface area (Å²) in [6.07, 6.45) is 2.45. The molecular formula is C21H24N2O4. The Kier molecular flexibility index (Phi) is 5.26. The van der Waals surface area contributed by atoms with Crippen molar-refractivity contribution in [1.82, 2.24) is 0 Å². The van der Waals surface area contributed by atoms with Crippen molar-refractivity contribution in [2.45, 2.75) is 13.3 Å². The quantitative estimate of drug-likeness (QED) is 0.476. The first kappa shape index (κ1) is 18.6. The molecule has 0 bridgehead atoms. The maximum Gasteiger partial charge on any atom is 0.231 e. The van der Waals surface area contributed by atoms with Gasteiger partial charge >= 0.3 is 0 Å². The Labute approximate surface area is 159 Å². The number of allylic oxidation sites excluding steroid dienone is 1. The van der Waals surface area contributed by atoms with E-state index in [1.165, 1.54) is 0 Å². The van der Waals surface area contributed by atoms with Crippen molar-refractivity contribution in [3.05, 3.63) is 47.0 Å². The van der Waals surface area contributed by atoms with Crippen molar-refractivity contribution in [2.75, 3.05) is 38.6 Å². The van der Waals surface area contributed by atoms with Crippen molar-refractivity contribution >= 4 is 23.2 Å². The van der Waals surface area contributed by atoms with Crippen molar-refractivity contribution < 1.29 is 19.0 Å². The summed E-state index contributed by atoms with van der Waals surface area (Å²) in [5.41, 5.74) is 9.57. The lowest BCUT2D eigenvalue weighted by atomic mass is 9.98. The van der Waals surface area contributed by atoms with Crippen molar-refractivity contribution in [3.8, 4) is 17.2 Å². The van der Waals surface area contributed by atoms with Gasteiger partial charge in [-0.3, -0.25) is 4.79 Å². The lowest BCUT2D eigenvalue weighted by Crippen LogP contribution is -2.13.